The van der Waals surface area contributed by atoms with Crippen molar-refractivity contribution in [3.8, 4) is 0 Å². The van der Waals surface area contributed by atoms with Crippen molar-refractivity contribution >= 4 is 11.9 Å². The average molecular weight is 648 g/mol. The van der Waals surface area contributed by atoms with Gasteiger partial charge in [0.05, 0.1) is 0 Å². The fraction of sp³-hybridized carbons (Fsp3) is 0.900. The maximum absolute atomic E-state index is 12.8. The number of carbonyl (C=O) groups excluding carboxylic acids is 2. The molecule has 0 amide bonds. The molecule has 0 atom stereocenters. The zero-order valence-electron chi connectivity index (χ0n) is 21.9. The second kappa shape index (κ2) is 16.4. The van der Waals surface area contributed by atoms with Gasteiger partial charge in [0, 0.05) is 5.97 Å². The Balaban J connectivity index is -0.000000367. The summed E-state index contributed by atoms with van der Waals surface area (Å²) in [6.07, 6.45) is 3.46. The first-order valence-electron chi connectivity index (χ1n) is 11.0. The van der Waals surface area contributed by atoms with E-state index in [0.29, 0.717) is 0 Å². The Morgan fingerprint density at radius 3 is 1.07 bits per heavy atom. The largest absolute Gasteiger partial charge is 0.550 e. The highest BCUT2D eigenvalue weighted by atomic mass is 19.4. The smallest absolute Gasteiger partial charge is 0.460 e. The van der Waals surface area contributed by atoms with Crippen LogP contribution in [0.4, 0.5) is 65.9 Å². The van der Waals surface area contributed by atoms with Gasteiger partial charge in [0.1, 0.15) is 5.97 Å². The first kappa shape index (κ1) is 45.8. The minimum atomic E-state index is -8.50. The molecule has 41 heavy (non-hydrogen) atoms. The lowest BCUT2D eigenvalue weighted by Crippen LogP contribution is -2.74. The van der Waals surface area contributed by atoms with Gasteiger partial charge < -0.3 is 32.1 Å². The summed E-state index contributed by atoms with van der Waals surface area (Å²) in [4.78, 5) is 19.7. The molecule has 0 aliphatic carbocycles. The molecule has 6 nitrogen and oxygen atoms in total. The van der Waals surface area contributed by atoms with Crippen LogP contribution < -0.4 is 22.5 Å². The molecule has 8 N–H and O–H groups in total. The van der Waals surface area contributed by atoms with Crippen LogP contribution in [0.25, 0.3) is 0 Å². The van der Waals surface area contributed by atoms with Gasteiger partial charge in [-0.1, -0.05) is 58.3 Å². The number of hydrogen-bond donors (Lipinski definition) is 2. The highest BCUT2D eigenvalue weighted by Crippen LogP contribution is 2.62. The van der Waals surface area contributed by atoms with Crippen molar-refractivity contribution in [2.24, 2.45) is 0 Å². The van der Waals surface area contributed by atoms with Crippen molar-refractivity contribution in [2.75, 3.05) is 0 Å². The quantitative estimate of drug-likeness (QED) is 0.145. The van der Waals surface area contributed by atoms with E-state index in [0.717, 1.165) is 12.8 Å². The lowest BCUT2D eigenvalue weighted by Gasteiger charge is -2.41. The topological polar surface area (TPSA) is 153 Å². The molecule has 0 spiro atoms. The van der Waals surface area contributed by atoms with E-state index in [1.165, 1.54) is 44.9 Å². The standard InChI is InChI=1S/C12H24O2.C8HF15O2.2H3N/c1-2-3-4-5-6-7-8-9-10-11-12(13)14;9-2(10,1(24)25)3(11,12)4(13,14)5(15,16)6(17,18)7(19,20)8(21,22)23;;/h2-11H2,1H3,(H,13,14);(H,24,25);2*1H3. The molecule has 0 heterocycles. The number of unbranched alkanes of at least 4 members (excludes halogenated alkanes) is 8. The van der Waals surface area contributed by atoms with Gasteiger partial charge in [0.2, 0.25) is 0 Å². The molecular weight excluding hydrogens is 617 g/mol. The van der Waals surface area contributed by atoms with Crippen molar-refractivity contribution in [2.45, 2.75) is 113 Å². The molecule has 0 aromatic heterocycles. The van der Waals surface area contributed by atoms with Crippen LogP contribution in [0.3, 0.4) is 0 Å². The maximum Gasteiger partial charge on any atom is 0.460 e. The third-order valence-electron chi connectivity index (χ3n) is 5.07. The molecule has 0 fully saturated rings. The molecule has 250 valence electrons. The number of carboxylic acids is 2. The molecule has 0 aliphatic heterocycles. The Morgan fingerprint density at radius 1 is 0.488 bits per heavy atom. The van der Waals surface area contributed by atoms with Gasteiger partial charge in [-0.05, 0) is 12.8 Å². The summed E-state index contributed by atoms with van der Waals surface area (Å²) in [5.41, 5.74) is 0. The summed E-state index contributed by atoms with van der Waals surface area (Å²) >= 11 is 0. The zero-order chi connectivity index (χ0) is 31.7. The Hall–Kier alpha value is -2.19. The van der Waals surface area contributed by atoms with Gasteiger partial charge in [-0.3, -0.25) is 0 Å². The normalized spacial score (nSPS) is 13.4. The van der Waals surface area contributed by atoms with Crippen molar-refractivity contribution in [3.05, 3.63) is 0 Å². The van der Waals surface area contributed by atoms with Gasteiger partial charge in [0.15, 0.2) is 0 Å². The molecule has 21 heteroatoms. The minimum absolute atomic E-state index is 0. The summed E-state index contributed by atoms with van der Waals surface area (Å²) in [5, 5.41) is 19.7. The highest BCUT2D eigenvalue weighted by Gasteiger charge is 2.93. The number of aliphatic carboxylic acids is 2. The van der Waals surface area contributed by atoms with Crippen LogP contribution in [0, 0.1) is 0 Å². The average Bonchev–Trinajstić information content (AvgIpc) is 2.76. The fourth-order valence-corrected chi connectivity index (χ4v) is 2.67. The van der Waals surface area contributed by atoms with Crippen molar-refractivity contribution in [3.63, 3.8) is 0 Å². The number of rotatable bonds is 16. The Kier molecular flexibility index (Phi) is 18.4. The second-order valence-electron chi connectivity index (χ2n) is 8.18. The van der Waals surface area contributed by atoms with Gasteiger partial charge in [-0.25, -0.2) is 0 Å². The molecule has 0 saturated carbocycles. The summed E-state index contributed by atoms with van der Waals surface area (Å²) in [6, 6.07) is 0. The van der Waals surface area contributed by atoms with Gasteiger partial charge >= 0.3 is 41.7 Å². The third kappa shape index (κ3) is 10.2. The monoisotopic (exact) mass is 648 g/mol. The first-order valence-corrected chi connectivity index (χ1v) is 11.0. The third-order valence-corrected chi connectivity index (χ3v) is 5.07. The minimum Gasteiger partial charge on any atom is -0.550 e. The van der Waals surface area contributed by atoms with Crippen molar-refractivity contribution < 1.29 is 85.7 Å². The Labute approximate surface area is 223 Å². The first-order chi connectivity index (χ1) is 17.2. The predicted octanol–water partition coefficient (Wildman–Crippen LogP) is 6.52. The lowest BCUT2D eigenvalue weighted by molar-refractivity contribution is -0.454. The molecule has 0 rings (SSSR count). The van der Waals surface area contributed by atoms with E-state index in [1.807, 2.05) is 0 Å². The van der Waals surface area contributed by atoms with Crippen LogP contribution in [0.2, 0.25) is 0 Å². The molecule has 0 radical (unpaired) electrons. The Morgan fingerprint density at radius 2 is 0.780 bits per heavy atom. The molecule has 0 bridgehead atoms. The summed E-state index contributed by atoms with van der Waals surface area (Å²) in [5.74, 6) is -54.3. The number of quaternary nitrogens is 2. The number of carboxylic acid groups (broad SMARTS) is 2. The Bertz CT molecular complexity index is 791. The zero-order valence-corrected chi connectivity index (χ0v) is 21.9. The SMILES string of the molecule is CCCCCCCCCCCC(=O)[O-].O=C([O-])C(F)(F)C(F)(F)C(F)(F)C(F)(F)C(F)(F)C(F)(F)C(F)(F)F.[NH4+].[NH4+]. The highest BCUT2D eigenvalue weighted by molar-refractivity contribution is 5.75. The molecule has 0 aromatic rings. The van der Waals surface area contributed by atoms with E-state index in [1.54, 1.807) is 0 Å². The van der Waals surface area contributed by atoms with Gasteiger partial charge in [-0.15, -0.1) is 0 Å². The van der Waals surface area contributed by atoms with Crippen LogP contribution in [0.1, 0.15) is 71.1 Å². The maximum atomic E-state index is 12.8. The van der Waals surface area contributed by atoms with Crippen molar-refractivity contribution in [1.82, 2.24) is 12.3 Å². The van der Waals surface area contributed by atoms with Crippen LogP contribution in [0.5, 0.6) is 0 Å². The summed E-state index contributed by atoms with van der Waals surface area (Å²) in [6.45, 7) is 2.22. The predicted molar refractivity (Wildman–Crippen MR) is 110 cm³/mol. The van der Waals surface area contributed by atoms with E-state index >= 15 is 0 Å². The molecule has 0 saturated heterocycles. The van der Waals surface area contributed by atoms with Gasteiger partial charge in [-0.2, -0.15) is 65.9 Å². The molecule has 0 aliphatic rings. The molecular formula is C20H31F15N2O4. The fourth-order valence-electron chi connectivity index (χ4n) is 2.67. The number of hydrogen-bond acceptors (Lipinski definition) is 4. The molecule has 0 unspecified atom stereocenters. The van der Waals surface area contributed by atoms with E-state index in [4.69, 9.17) is 0 Å². The van der Waals surface area contributed by atoms with Crippen LogP contribution in [-0.2, 0) is 9.59 Å². The number of carbonyl (C=O) groups is 2. The van der Waals surface area contributed by atoms with E-state index in [-0.39, 0.29) is 18.7 Å². The van der Waals surface area contributed by atoms with E-state index < -0.39 is 53.7 Å². The summed E-state index contributed by atoms with van der Waals surface area (Å²) in [7, 11) is 0. The summed E-state index contributed by atoms with van der Waals surface area (Å²) < 4.78 is 186. The molecule has 0 aromatic carbocycles. The van der Waals surface area contributed by atoms with Crippen LogP contribution >= 0.6 is 0 Å². The van der Waals surface area contributed by atoms with Crippen LogP contribution in [0.15, 0.2) is 0 Å². The van der Waals surface area contributed by atoms with Crippen LogP contribution in [-0.4, -0.2) is 53.7 Å². The van der Waals surface area contributed by atoms with E-state index in [9.17, 15) is 85.7 Å². The van der Waals surface area contributed by atoms with E-state index in [2.05, 4.69) is 6.92 Å². The second-order valence-corrected chi connectivity index (χ2v) is 8.18. The van der Waals surface area contributed by atoms with Gasteiger partial charge in [0.25, 0.3) is 0 Å². The number of halogens is 15. The van der Waals surface area contributed by atoms with Crippen molar-refractivity contribution in [1.29, 1.82) is 0 Å². The number of alkyl halides is 15. The lowest BCUT2D eigenvalue weighted by atomic mass is 9.91.